The lowest BCUT2D eigenvalue weighted by Crippen LogP contribution is -2.69. The number of benzene rings is 1. The van der Waals surface area contributed by atoms with Crippen molar-refractivity contribution in [2.24, 2.45) is 11.6 Å². The fourth-order valence-electron chi connectivity index (χ4n) is 2.26. The van der Waals surface area contributed by atoms with E-state index in [2.05, 4.69) is 5.32 Å². The lowest BCUT2D eigenvalue weighted by molar-refractivity contribution is -0.384. The molecule has 0 radical (unpaired) electrons. The predicted molar refractivity (Wildman–Crippen MR) is 80.8 cm³/mol. The van der Waals surface area contributed by atoms with Crippen molar-refractivity contribution in [3.8, 4) is 0 Å². The highest BCUT2D eigenvalue weighted by atomic mass is 31.1. The van der Waals surface area contributed by atoms with Gasteiger partial charge in [0.05, 0.1) is 4.92 Å². The molecule has 0 aromatic heterocycles. The largest absolute Gasteiger partial charge is 0.359 e. The summed E-state index contributed by atoms with van der Waals surface area (Å²) in [6.07, 6.45) is 0.243. The minimum atomic E-state index is -1.79. The van der Waals surface area contributed by atoms with Crippen LogP contribution in [0.5, 0.6) is 0 Å². The summed E-state index contributed by atoms with van der Waals surface area (Å²) >= 11 is 0. The lowest BCUT2D eigenvalue weighted by Gasteiger charge is -2.35. The molecule has 0 aliphatic carbocycles. The Morgan fingerprint density at radius 3 is 2.57 bits per heavy atom. The van der Waals surface area contributed by atoms with Gasteiger partial charge in [0.15, 0.2) is 0 Å². The molecule has 11 heteroatoms. The van der Waals surface area contributed by atoms with Crippen molar-refractivity contribution in [2.75, 3.05) is 6.54 Å². The van der Waals surface area contributed by atoms with E-state index < -0.39 is 36.5 Å². The number of hydrazine groups is 1. The number of nitrogens with zero attached hydrogens (tertiary/aromatic N) is 2. The quantitative estimate of drug-likeness (QED) is 0.218. The highest BCUT2D eigenvalue weighted by molar-refractivity contribution is 7.27. The van der Waals surface area contributed by atoms with Crippen molar-refractivity contribution in [3.05, 3.63) is 39.9 Å². The van der Waals surface area contributed by atoms with E-state index in [1.165, 1.54) is 24.3 Å². The van der Waals surface area contributed by atoms with E-state index in [1.807, 2.05) is 0 Å². The molecule has 1 aromatic carbocycles. The average molecular weight is 340 g/mol. The molecular weight excluding hydrogens is 325 g/mol. The number of nitrogens with one attached hydrogen (secondary N) is 1. The summed E-state index contributed by atoms with van der Waals surface area (Å²) < 4.78 is 11.4. The van der Waals surface area contributed by atoms with Gasteiger partial charge >= 0.3 is 19.6 Å². The predicted octanol–water partition coefficient (Wildman–Crippen LogP) is -0.522. The van der Waals surface area contributed by atoms with Gasteiger partial charge in [0.1, 0.15) is 6.04 Å². The molecule has 1 aliphatic heterocycles. The first kappa shape index (κ1) is 16.9. The minimum absolute atomic E-state index is 0.151. The second kappa shape index (κ2) is 6.37. The maximum absolute atomic E-state index is 12.2. The number of carbonyl (C=O) groups is 2. The van der Waals surface area contributed by atoms with Gasteiger partial charge in [-0.1, -0.05) is 4.57 Å². The van der Waals surface area contributed by atoms with Gasteiger partial charge in [-0.25, -0.2) is 5.84 Å². The smallest absolute Gasteiger partial charge is 0.342 e. The molecule has 122 valence electrons. The van der Waals surface area contributed by atoms with E-state index >= 15 is 0 Å². The maximum atomic E-state index is 12.2. The number of amides is 2. The summed E-state index contributed by atoms with van der Waals surface area (Å²) in [5.74, 6) is 4.18. The fraction of sp³-hybridized carbons (Fsp3) is 0.333. The van der Waals surface area contributed by atoms with Crippen molar-refractivity contribution in [2.45, 2.75) is 17.7 Å². The number of rotatable bonds is 4. The molecule has 1 aromatic rings. The van der Waals surface area contributed by atoms with E-state index in [9.17, 15) is 24.3 Å². The summed E-state index contributed by atoms with van der Waals surface area (Å²) in [7, 11) is -1.19. The minimum Gasteiger partial charge on any atom is -0.342 e. The van der Waals surface area contributed by atoms with Gasteiger partial charge in [-0.05, 0) is 18.6 Å². The molecule has 0 saturated carbocycles. The topological polar surface area (TPSA) is 162 Å². The van der Waals surface area contributed by atoms with Crippen molar-refractivity contribution < 1.29 is 19.1 Å². The molecule has 1 saturated heterocycles. The number of piperidine rings is 1. The van der Waals surface area contributed by atoms with Gasteiger partial charge in [0, 0.05) is 24.2 Å². The summed E-state index contributed by atoms with van der Waals surface area (Å²) in [4.78, 5) is 34.2. The van der Waals surface area contributed by atoms with Gasteiger partial charge in [-0.15, -0.1) is 0 Å². The summed E-state index contributed by atoms with van der Waals surface area (Å²) in [5.41, 5.74) is 5.86. The van der Waals surface area contributed by atoms with Crippen LogP contribution in [0.2, 0.25) is 0 Å². The number of nitrogens with two attached hydrogens (primary N) is 2. The number of non-ortho nitro benzene ring substituents is 1. The van der Waals surface area contributed by atoms with Gasteiger partial charge in [0.2, 0.25) is 0 Å². The molecule has 2 unspecified atom stereocenters. The third-order valence-corrected chi connectivity index (χ3v) is 4.54. The Labute approximate surface area is 132 Å². The molecule has 2 amide bonds. The first-order valence-corrected chi connectivity index (χ1v) is 7.50. The molecule has 10 nitrogen and oxygen atoms in total. The molecular formula is C12H15N5O5P+. The third kappa shape index (κ3) is 3.19. The average Bonchev–Trinajstić information content (AvgIpc) is 2.55. The highest BCUT2D eigenvalue weighted by Crippen LogP contribution is 2.29. The van der Waals surface area contributed by atoms with Crippen molar-refractivity contribution in [1.29, 1.82) is 0 Å². The number of nitro benzene ring substituents is 1. The molecule has 3 atom stereocenters. The zero-order valence-corrected chi connectivity index (χ0v) is 12.9. The number of nitro groups is 1. The van der Waals surface area contributed by atoms with Gasteiger partial charge in [0.25, 0.3) is 11.6 Å². The molecule has 2 rings (SSSR count). The van der Waals surface area contributed by atoms with Crippen LogP contribution >= 0.6 is 8.46 Å². The van der Waals surface area contributed by atoms with Crippen LogP contribution in [0.25, 0.3) is 0 Å². The Balaban J connectivity index is 2.17. The maximum Gasteiger partial charge on any atom is 0.359 e. The van der Waals surface area contributed by atoms with Gasteiger partial charge in [-0.2, -0.15) is 0 Å². The molecule has 5 N–H and O–H groups in total. The van der Waals surface area contributed by atoms with Crippen LogP contribution in [0, 0.1) is 10.1 Å². The zero-order valence-electron chi connectivity index (χ0n) is 11.9. The Morgan fingerprint density at radius 2 is 2.04 bits per heavy atom. The highest BCUT2D eigenvalue weighted by Gasteiger charge is 2.55. The molecule has 1 heterocycles. The van der Waals surface area contributed by atoms with Crippen LogP contribution in [0.4, 0.5) is 5.69 Å². The van der Waals surface area contributed by atoms with Gasteiger partial charge in [-0.3, -0.25) is 30.4 Å². The standard InChI is InChI=1S/C12H14N5O5P/c13-12(23-22)9(5-6-16(14)11(12)19)15-10(18)7-1-3-8(4-2-7)17(20)21/h1-4,9H,5-6,13-14H2,(H,15,18)/p+1/t9?,12-/m0/s1. The first-order chi connectivity index (χ1) is 10.8. The van der Waals surface area contributed by atoms with Gasteiger partial charge < -0.3 is 5.32 Å². The van der Waals surface area contributed by atoms with Crippen LogP contribution in [0.1, 0.15) is 16.8 Å². The SMILES string of the molecule is NN1CCC(NC(=O)c2ccc([N+](=O)[O-])cc2)[C@](N)([PH+]=O)C1=O. The van der Waals surface area contributed by atoms with Crippen LogP contribution in [0.15, 0.2) is 24.3 Å². The summed E-state index contributed by atoms with van der Waals surface area (Å²) in [6.45, 7) is 0.160. The normalized spacial score (nSPS) is 24.5. The molecule has 0 spiro atoms. The van der Waals surface area contributed by atoms with E-state index in [-0.39, 0.29) is 24.2 Å². The lowest BCUT2D eigenvalue weighted by atomic mass is 9.98. The molecule has 0 bridgehead atoms. The summed E-state index contributed by atoms with van der Waals surface area (Å²) in [5, 5.41) is 12.2. The van der Waals surface area contributed by atoms with Crippen molar-refractivity contribution in [1.82, 2.24) is 10.3 Å². The Hall–Kier alpha value is -2.42. The molecule has 1 fully saturated rings. The second-order valence-electron chi connectivity index (χ2n) is 5.09. The number of hydrogen-bond acceptors (Lipinski definition) is 7. The van der Waals surface area contributed by atoms with E-state index in [0.29, 0.717) is 0 Å². The van der Waals surface area contributed by atoms with Crippen LogP contribution in [-0.2, 0) is 9.36 Å². The monoisotopic (exact) mass is 340 g/mol. The summed E-state index contributed by atoms with van der Waals surface area (Å²) in [6, 6.07) is 4.09. The molecule has 1 aliphatic rings. The third-order valence-electron chi connectivity index (χ3n) is 3.64. The Kier molecular flexibility index (Phi) is 4.69. The zero-order chi connectivity index (χ0) is 17.2. The molecule has 23 heavy (non-hydrogen) atoms. The Morgan fingerprint density at radius 1 is 1.43 bits per heavy atom. The van der Waals surface area contributed by atoms with Crippen LogP contribution in [-0.4, -0.2) is 39.6 Å². The van der Waals surface area contributed by atoms with Crippen LogP contribution < -0.4 is 16.9 Å². The first-order valence-electron chi connectivity index (χ1n) is 6.59. The van der Waals surface area contributed by atoms with E-state index in [1.54, 1.807) is 0 Å². The van der Waals surface area contributed by atoms with Crippen molar-refractivity contribution >= 4 is 26.0 Å². The van der Waals surface area contributed by atoms with E-state index in [0.717, 1.165) is 5.01 Å². The van der Waals surface area contributed by atoms with Crippen molar-refractivity contribution in [3.63, 3.8) is 0 Å². The number of hydrogen-bond donors (Lipinski definition) is 3. The number of carbonyl (C=O) groups excluding carboxylic acids is 2. The fourth-order valence-corrected chi connectivity index (χ4v) is 2.85. The Bertz CT molecular complexity index is 666. The van der Waals surface area contributed by atoms with E-state index in [4.69, 9.17) is 11.6 Å². The van der Waals surface area contributed by atoms with Crippen LogP contribution in [0.3, 0.4) is 0 Å². The second-order valence-corrected chi connectivity index (χ2v) is 6.12.